The summed E-state index contributed by atoms with van der Waals surface area (Å²) < 4.78 is 1.59. The molecule has 1 aromatic heterocycles. The zero-order chi connectivity index (χ0) is 11.1. The summed E-state index contributed by atoms with van der Waals surface area (Å²) in [5.74, 6) is 0.672. The topological polar surface area (TPSA) is 79.7 Å². The Labute approximate surface area is 93.4 Å². The molecule has 1 unspecified atom stereocenters. The molecule has 0 amide bonds. The number of aromatic nitrogens is 2. The minimum absolute atomic E-state index is 0.115. The molecule has 0 radical (unpaired) electrons. The van der Waals surface area contributed by atoms with Crippen LogP contribution in [0.2, 0.25) is 0 Å². The van der Waals surface area contributed by atoms with Gasteiger partial charge in [-0.05, 0) is 19.3 Å². The lowest BCUT2D eigenvalue weighted by molar-refractivity contribution is 0.163. The third-order valence-electron chi connectivity index (χ3n) is 3.40. The van der Waals surface area contributed by atoms with Crippen molar-refractivity contribution >= 4 is 12.2 Å². The fourth-order valence-corrected chi connectivity index (χ4v) is 2.18. The van der Waals surface area contributed by atoms with E-state index >= 15 is 0 Å². The third kappa shape index (κ3) is 1.27. The van der Waals surface area contributed by atoms with Gasteiger partial charge in [-0.2, -0.15) is 0 Å². The van der Waals surface area contributed by atoms with Crippen molar-refractivity contribution < 1.29 is 5.11 Å². The summed E-state index contributed by atoms with van der Waals surface area (Å²) in [6.07, 6.45) is 6.74. The van der Waals surface area contributed by atoms with Gasteiger partial charge < -0.3 is 15.7 Å². The van der Waals surface area contributed by atoms with Gasteiger partial charge in [-0.3, -0.25) is 4.57 Å². The molecule has 0 saturated heterocycles. The van der Waals surface area contributed by atoms with E-state index in [9.17, 15) is 0 Å². The molecular formula is C10H15N5O. The van der Waals surface area contributed by atoms with Crippen molar-refractivity contribution in [3.63, 3.8) is 0 Å². The first-order valence-corrected chi connectivity index (χ1v) is 5.54. The Bertz CT molecular complexity index is 423. The summed E-state index contributed by atoms with van der Waals surface area (Å²) in [6, 6.07) is 0.506. The molecule has 1 aliphatic carbocycles. The van der Waals surface area contributed by atoms with E-state index in [1.165, 1.54) is 19.3 Å². The highest BCUT2D eigenvalue weighted by molar-refractivity contribution is 5.66. The maximum atomic E-state index is 9.10. The molecule has 0 spiro atoms. The molecule has 3 N–H and O–H groups in total. The lowest BCUT2D eigenvalue weighted by atomic mass is 9.91. The van der Waals surface area contributed by atoms with Crippen molar-refractivity contribution in [3.05, 3.63) is 12.0 Å². The van der Waals surface area contributed by atoms with E-state index < -0.39 is 0 Å². The van der Waals surface area contributed by atoms with Gasteiger partial charge in [0.25, 0.3) is 0 Å². The smallest absolute Gasteiger partial charge is 0.162 e. The van der Waals surface area contributed by atoms with Gasteiger partial charge >= 0.3 is 0 Å². The number of fused-ring (bicyclic) bond motifs is 1. The monoisotopic (exact) mass is 221 g/mol. The Kier molecular flexibility index (Phi) is 2.19. The zero-order valence-electron chi connectivity index (χ0n) is 8.95. The fraction of sp³-hybridized carbons (Fsp3) is 0.600. The van der Waals surface area contributed by atoms with Crippen LogP contribution in [0, 0.1) is 0 Å². The lowest BCUT2D eigenvalue weighted by Crippen LogP contribution is -2.46. The quantitative estimate of drug-likeness (QED) is 0.753. The number of imidazole rings is 1. The average molecular weight is 221 g/mol. The van der Waals surface area contributed by atoms with Crippen LogP contribution >= 0.6 is 0 Å². The largest absolute Gasteiger partial charge is 0.376 e. The summed E-state index contributed by atoms with van der Waals surface area (Å²) in [5.41, 5.74) is 6.90. The van der Waals surface area contributed by atoms with Crippen LogP contribution in [-0.4, -0.2) is 31.9 Å². The van der Waals surface area contributed by atoms with Gasteiger partial charge in [0, 0.05) is 6.04 Å². The molecule has 1 fully saturated rings. The number of rotatable bonds is 2. The Morgan fingerprint density at radius 3 is 2.94 bits per heavy atom. The maximum absolute atomic E-state index is 9.10. The fourth-order valence-electron chi connectivity index (χ4n) is 2.18. The van der Waals surface area contributed by atoms with Crippen molar-refractivity contribution in [1.29, 1.82) is 0 Å². The third-order valence-corrected chi connectivity index (χ3v) is 3.40. The van der Waals surface area contributed by atoms with Crippen molar-refractivity contribution in [2.24, 2.45) is 10.7 Å². The van der Waals surface area contributed by atoms with Crippen LogP contribution in [-0.2, 0) is 6.73 Å². The Morgan fingerprint density at radius 2 is 2.31 bits per heavy atom. The standard InChI is InChI=1S/C10H15N5O/c11-9-8-10(14(6-16)4-12-8)13-5-15(9)7-2-1-3-7/h4-5,7,9,16H,1-3,6,11H2. The molecule has 1 aliphatic heterocycles. The number of nitrogens with zero attached hydrogens (tertiary/aromatic N) is 4. The van der Waals surface area contributed by atoms with Gasteiger partial charge in [-0.25, -0.2) is 9.98 Å². The highest BCUT2D eigenvalue weighted by Gasteiger charge is 2.32. The molecular weight excluding hydrogens is 206 g/mol. The van der Waals surface area contributed by atoms with E-state index in [0.29, 0.717) is 11.9 Å². The normalized spacial score (nSPS) is 24.4. The lowest BCUT2D eigenvalue weighted by Gasteiger charge is -2.40. The van der Waals surface area contributed by atoms with Crippen molar-refractivity contribution in [2.75, 3.05) is 0 Å². The van der Waals surface area contributed by atoms with Gasteiger partial charge in [0.15, 0.2) is 5.82 Å². The van der Waals surface area contributed by atoms with Crippen molar-refractivity contribution in [2.45, 2.75) is 38.2 Å². The first-order chi connectivity index (χ1) is 7.81. The van der Waals surface area contributed by atoms with E-state index in [1.807, 2.05) is 0 Å². The molecule has 1 atom stereocenters. The van der Waals surface area contributed by atoms with Crippen LogP contribution in [0.15, 0.2) is 11.3 Å². The predicted octanol–water partition coefficient (Wildman–Crippen LogP) is 0.318. The SMILES string of the molecule is NC1c2ncn(CO)c2N=CN1C1CCC1. The first kappa shape index (κ1) is 9.80. The van der Waals surface area contributed by atoms with E-state index in [0.717, 1.165) is 5.69 Å². The molecule has 2 aliphatic rings. The second kappa shape index (κ2) is 3.57. The molecule has 0 bridgehead atoms. The van der Waals surface area contributed by atoms with Gasteiger partial charge in [0.05, 0.1) is 12.7 Å². The molecule has 3 rings (SSSR count). The van der Waals surface area contributed by atoms with Crippen LogP contribution in [0.3, 0.4) is 0 Å². The zero-order valence-corrected chi connectivity index (χ0v) is 8.95. The van der Waals surface area contributed by atoms with Gasteiger partial charge in [0.2, 0.25) is 0 Å². The highest BCUT2D eigenvalue weighted by atomic mass is 16.3. The van der Waals surface area contributed by atoms with Crippen molar-refractivity contribution in [3.8, 4) is 0 Å². The number of nitrogens with two attached hydrogens (primary N) is 1. The summed E-state index contributed by atoms with van der Waals surface area (Å²) in [6.45, 7) is -0.115. The molecule has 86 valence electrons. The molecule has 1 saturated carbocycles. The van der Waals surface area contributed by atoms with Crippen LogP contribution < -0.4 is 5.73 Å². The average Bonchev–Trinajstić information content (AvgIpc) is 2.63. The minimum Gasteiger partial charge on any atom is -0.376 e. The summed E-state index contributed by atoms with van der Waals surface area (Å²) in [4.78, 5) is 10.6. The van der Waals surface area contributed by atoms with Crippen LogP contribution in [0.25, 0.3) is 0 Å². The van der Waals surface area contributed by atoms with E-state index in [2.05, 4.69) is 14.9 Å². The van der Waals surface area contributed by atoms with Crippen molar-refractivity contribution in [1.82, 2.24) is 14.5 Å². The number of hydrogen-bond acceptors (Lipinski definition) is 5. The number of aliphatic hydroxyl groups excluding tert-OH is 1. The highest BCUT2D eigenvalue weighted by Crippen LogP contribution is 2.34. The number of aliphatic hydroxyl groups is 1. The van der Waals surface area contributed by atoms with Crippen LogP contribution in [0.4, 0.5) is 5.82 Å². The predicted molar refractivity (Wildman–Crippen MR) is 59.0 cm³/mol. The Morgan fingerprint density at radius 1 is 1.50 bits per heavy atom. The second-order valence-electron chi connectivity index (χ2n) is 4.29. The Hall–Kier alpha value is -1.40. The molecule has 6 heteroatoms. The molecule has 1 aromatic rings. The van der Waals surface area contributed by atoms with E-state index in [1.54, 1.807) is 17.2 Å². The van der Waals surface area contributed by atoms with Gasteiger partial charge in [0.1, 0.15) is 18.6 Å². The second-order valence-corrected chi connectivity index (χ2v) is 4.29. The van der Waals surface area contributed by atoms with Gasteiger partial charge in [-0.15, -0.1) is 0 Å². The number of aliphatic imine (C=N–C) groups is 1. The first-order valence-electron chi connectivity index (χ1n) is 5.54. The summed E-state index contributed by atoms with van der Waals surface area (Å²) in [7, 11) is 0. The van der Waals surface area contributed by atoms with Crippen LogP contribution in [0.1, 0.15) is 31.1 Å². The maximum Gasteiger partial charge on any atom is 0.162 e. The molecule has 0 aromatic carbocycles. The number of hydrogen-bond donors (Lipinski definition) is 2. The van der Waals surface area contributed by atoms with Crippen LogP contribution in [0.5, 0.6) is 0 Å². The molecule has 6 nitrogen and oxygen atoms in total. The van der Waals surface area contributed by atoms with E-state index in [4.69, 9.17) is 10.8 Å². The van der Waals surface area contributed by atoms with Gasteiger partial charge in [-0.1, -0.05) is 0 Å². The molecule has 16 heavy (non-hydrogen) atoms. The Balaban J connectivity index is 1.92. The minimum atomic E-state index is -0.231. The summed E-state index contributed by atoms with van der Waals surface area (Å²) in [5, 5.41) is 9.10. The van der Waals surface area contributed by atoms with E-state index in [-0.39, 0.29) is 12.9 Å². The molecule has 2 heterocycles. The summed E-state index contributed by atoms with van der Waals surface area (Å²) >= 11 is 0.